The third kappa shape index (κ3) is 4.98. The van der Waals surface area contributed by atoms with Gasteiger partial charge in [-0.25, -0.2) is 0 Å². The van der Waals surface area contributed by atoms with Crippen LogP contribution in [-0.4, -0.2) is 23.2 Å². The first-order valence-corrected chi connectivity index (χ1v) is 6.96. The van der Waals surface area contributed by atoms with Gasteiger partial charge in [0, 0.05) is 18.2 Å². The Bertz CT molecular complexity index is 268. The Labute approximate surface area is 110 Å². The van der Waals surface area contributed by atoms with Crippen LogP contribution in [0.1, 0.15) is 39.5 Å². The molecular formula is C12H19BrO4. The number of rotatable bonds is 7. The molecule has 98 valence electrons. The van der Waals surface area contributed by atoms with Crippen LogP contribution in [0.5, 0.6) is 0 Å². The molecule has 0 atom stereocenters. The molecule has 0 aromatic rings. The molecule has 17 heavy (non-hydrogen) atoms. The fourth-order valence-electron chi connectivity index (χ4n) is 1.64. The molecule has 0 aliphatic carbocycles. The molecule has 0 saturated heterocycles. The summed E-state index contributed by atoms with van der Waals surface area (Å²) in [4.78, 5) is 11.5. The smallest absolute Gasteiger partial charge is 0.306 e. The fraction of sp³-hybridized carbons (Fsp3) is 0.750. The maximum atomic E-state index is 11.5. The van der Waals surface area contributed by atoms with Gasteiger partial charge in [-0.2, -0.15) is 0 Å². The summed E-state index contributed by atoms with van der Waals surface area (Å²) in [5, 5.41) is 0.887. The molecule has 0 aromatic heterocycles. The van der Waals surface area contributed by atoms with Gasteiger partial charge in [0.05, 0.1) is 12.5 Å². The van der Waals surface area contributed by atoms with Gasteiger partial charge < -0.3 is 14.2 Å². The first-order chi connectivity index (χ1) is 8.08. The third-order valence-electron chi connectivity index (χ3n) is 2.39. The summed E-state index contributed by atoms with van der Waals surface area (Å²) in [6, 6.07) is 0. The van der Waals surface area contributed by atoms with E-state index in [4.69, 9.17) is 14.2 Å². The molecule has 0 unspecified atom stereocenters. The van der Waals surface area contributed by atoms with Crippen LogP contribution in [0, 0.1) is 0 Å². The second-order valence-corrected chi connectivity index (χ2v) is 5.04. The van der Waals surface area contributed by atoms with Gasteiger partial charge >= 0.3 is 5.97 Å². The van der Waals surface area contributed by atoms with E-state index in [1.165, 1.54) is 12.5 Å². The molecule has 0 fully saturated rings. The number of carbonyl (C=O) groups excluding carboxylic acids is 1. The van der Waals surface area contributed by atoms with Crippen LogP contribution in [0.15, 0.2) is 12.5 Å². The molecular weight excluding hydrogens is 288 g/mol. The molecule has 1 aliphatic rings. The van der Waals surface area contributed by atoms with Crippen LogP contribution in [0.2, 0.25) is 0 Å². The largest absolute Gasteiger partial charge is 0.463 e. The van der Waals surface area contributed by atoms with Crippen LogP contribution in [0.3, 0.4) is 0 Å². The minimum atomic E-state index is -0.677. The summed E-state index contributed by atoms with van der Waals surface area (Å²) in [5.41, 5.74) is 0. The molecule has 0 radical (unpaired) electrons. The lowest BCUT2D eigenvalue weighted by Gasteiger charge is -2.27. The van der Waals surface area contributed by atoms with Crippen molar-refractivity contribution in [3.63, 3.8) is 0 Å². The first-order valence-electron chi connectivity index (χ1n) is 5.84. The zero-order chi connectivity index (χ0) is 12.7. The van der Waals surface area contributed by atoms with Crippen molar-refractivity contribution in [1.82, 2.24) is 0 Å². The molecule has 1 aliphatic heterocycles. The van der Waals surface area contributed by atoms with E-state index in [0.29, 0.717) is 12.8 Å². The number of hydrogen-bond acceptors (Lipinski definition) is 4. The van der Waals surface area contributed by atoms with Gasteiger partial charge in [-0.05, 0) is 20.3 Å². The molecule has 5 heteroatoms. The number of halogens is 1. The summed E-state index contributed by atoms with van der Waals surface area (Å²) in [7, 11) is 0. The van der Waals surface area contributed by atoms with Crippen LogP contribution in [-0.2, 0) is 19.0 Å². The van der Waals surface area contributed by atoms with Gasteiger partial charge in [0.15, 0.2) is 0 Å². The van der Waals surface area contributed by atoms with Crippen LogP contribution in [0.25, 0.3) is 0 Å². The van der Waals surface area contributed by atoms with Crippen molar-refractivity contribution in [2.24, 2.45) is 0 Å². The number of hydrogen-bond donors (Lipinski definition) is 0. The molecule has 1 rings (SSSR count). The summed E-state index contributed by atoms with van der Waals surface area (Å²) >= 11 is 3.37. The minimum Gasteiger partial charge on any atom is -0.463 e. The van der Waals surface area contributed by atoms with Crippen LogP contribution < -0.4 is 0 Å². The molecule has 0 spiro atoms. The molecule has 4 nitrogen and oxygen atoms in total. The van der Waals surface area contributed by atoms with Crippen molar-refractivity contribution in [3.8, 4) is 0 Å². The standard InChI is InChI=1S/C12H19BrO4/c1-10(2)17-11(14)4-6-12(5-3-7-13)15-8-9-16-12/h8-10H,3-7H2,1-2H3. The lowest BCUT2D eigenvalue weighted by Crippen LogP contribution is -2.31. The molecule has 0 bridgehead atoms. The van der Waals surface area contributed by atoms with Crippen molar-refractivity contribution in [3.05, 3.63) is 12.5 Å². The number of carbonyl (C=O) groups is 1. The molecule has 1 heterocycles. The van der Waals surface area contributed by atoms with E-state index in [9.17, 15) is 4.79 Å². The summed E-state index contributed by atoms with van der Waals surface area (Å²) in [6.07, 6.45) is 5.48. The highest BCUT2D eigenvalue weighted by Gasteiger charge is 2.35. The van der Waals surface area contributed by atoms with Gasteiger partial charge in [0.1, 0.15) is 12.5 Å². The van der Waals surface area contributed by atoms with E-state index in [1.807, 2.05) is 13.8 Å². The molecule has 0 aromatic carbocycles. The normalized spacial score (nSPS) is 16.7. The van der Waals surface area contributed by atoms with E-state index >= 15 is 0 Å². The summed E-state index contributed by atoms with van der Waals surface area (Å²) < 4.78 is 16.0. The van der Waals surface area contributed by atoms with E-state index in [0.717, 1.165) is 18.2 Å². The van der Waals surface area contributed by atoms with Crippen molar-refractivity contribution in [2.45, 2.75) is 51.4 Å². The van der Waals surface area contributed by atoms with Crippen LogP contribution in [0.4, 0.5) is 0 Å². The number of ether oxygens (including phenoxy) is 3. The quantitative estimate of drug-likeness (QED) is 0.535. The van der Waals surface area contributed by atoms with Crippen molar-refractivity contribution in [1.29, 1.82) is 0 Å². The average molecular weight is 307 g/mol. The SMILES string of the molecule is CC(C)OC(=O)CCC1(CCCBr)OC=CO1. The fourth-order valence-corrected chi connectivity index (χ4v) is 1.92. The summed E-state index contributed by atoms with van der Waals surface area (Å²) in [5.74, 6) is -0.888. The topological polar surface area (TPSA) is 44.8 Å². The Balaban J connectivity index is 2.37. The Kier molecular flexibility index (Phi) is 5.82. The predicted molar refractivity (Wildman–Crippen MR) is 67.5 cm³/mol. The third-order valence-corrected chi connectivity index (χ3v) is 2.95. The lowest BCUT2D eigenvalue weighted by atomic mass is 10.1. The van der Waals surface area contributed by atoms with Crippen molar-refractivity contribution in [2.75, 3.05) is 5.33 Å². The summed E-state index contributed by atoms with van der Waals surface area (Å²) in [6.45, 7) is 3.67. The number of esters is 1. The van der Waals surface area contributed by atoms with E-state index in [-0.39, 0.29) is 12.1 Å². The van der Waals surface area contributed by atoms with Crippen LogP contribution >= 0.6 is 15.9 Å². The predicted octanol–water partition coefficient (Wildman–Crippen LogP) is 3.11. The van der Waals surface area contributed by atoms with E-state index < -0.39 is 5.79 Å². The Hall–Kier alpha value is -0.710. The Morgan fingerprint density at radius 2 is 2.00 bits per heavy atom. The highest BCUT2D eigenvalue weighted by Crippen LogP contribution is 2.31. The maximum Gasteiger partial charge on any atom is 0.306 e. The van der Waals surface area contributed by atoms with Crippen molar-refractivity contribution < 1.29 is 19.0 Å². The molecule has 0 amide bonds. The Morgan fingerprint density at radius 3 is 2.53 bits per heavy atom. The average Bonchev–Trinajstić information content (AvgIpc) is 2.72. The highest BCUT2D eigenvalue weighted by atomic mass is 79.9. The van der Waals surface area contributed by atoms with Gasteiger partial charge in [-0.3, -0.25) is 4.79 Å². The van der Waals surface area contributed by atoms with Gasteiger partial charge in [-0.1, -0.05) is 15.9 Å². The maximum absolute atomic E-state index is 11.5. The van der Waals surface area contributed by atoms with Gasteiger partial charge in [0.25, 0.3) is 0 Å². The van der Waals surface area contributed by atoms with E-state index in [2.05, 4.69) is 15.9 Å². The zero-order valence-electron chi connectivity index (χ0n) is 10.3. The monoisotopic (exact) mass is 306 g/mol. The zero-order valence-corrected chi connectivity index (χ0v) is 11.9. The second kappa shape index (κ2) is 6.89. The Morgan fingerprint density at radius 1 is 1.35 bits per heavy atom. The second-order valence-electron chi connectivity index (χ2n) is 4.25. The lowest BCUT2D eigenvalue weighted by molar-refractivity contribution is -0.166. The minimum absolute atomic E-state index is 0.0791. The van der Waals surface area contributed by atoms with Gasteiger partial charge in [0.2, 0.25) is 5.79 Å². The van der Waals surface area contributed by atoms with Gasteiger partial charge in [-0.15, -0.1) is 0 Å². The molecule has 0 saturated carbocycles. The van der Waals surface area contributed by atoms with Crippen molar-refractivity contribution >= 4 is 21.9 Å². The van der Waals surface area contributed by atoms with E-state index in [1.54, 1.807) is 0 Å². The first kappa shape index (κ1) is 14.4. The molecule has 0 N–H and O–H groups in total. The number of alkyl halides is 1. The highest BCUT2D eigenvalue weighted by molar-refractivity contribution is 9.09.